The zero-order valence-electron chi connectivity index (χ0n) is 19.7. The predicted molar refractivity (Wildman–Crippen MR) is 131 cm³/mol. The van der Waals surface area contributed by atoms with Gasteiger partial charge in [-0.25, -0.2) is 14.2 Å². The second-order valence-corrected chi connectivity index (χ2v) is 10.3. The standard InChI is InChI=1S/C25H30FN3O4S/c1-17(30)22(31)29-25(19-11-6-5-7-12-19,14-9-15-27-23(32)33-24(2,3)4)34-21(28-29)18-10-8-13-20(26)16-18/h5-8,10-13,16-17,30H,9,14-15H2,1-4H3,(H,27,32)/t17-,25+/m0/s1. The lowest BCUT2D eigenvalue weighted by Gasteiger charge is -2.36. The van der Waals surface area contributed by atoms with Gasteiger partial charge in [-0.3, -0.25) is 4.79 Å². The summed E-state index contributed by atoms with van der Waals surface area (Å²) >= 11 is 1.33. The Morgan fingerprint density at radius 1 is 1.21 bits per heavy atom. The lowest BCUT2D eigenvalue weighted by Crippen LogP contribution is -2.45. The van der Waals surface area contributed by atoms with Crippen molar-refractivity contribution in [2.24, 2.45) is 5.10 Å². The van der Waals surface area contributed by atoms with Crippen molar-refractivity contribution in [2.45, 2.75) is 57.1 Å². The Hall–Kier alpha value is -2.91. The normalized spacial score (nSPS) is 18.9. The quantitative estimate of drug-likeness (QED) is 0.557. The number of rotatable bonds is 7. The topological polar surface area (TPSA) is 91.2 Å². The number of thioether (sulfide) groups is 1. The predicted octanol–water partition coefficient (Wildman–Crippen LogP) is 4.60. The summed E-state index contributed by atoms with van der Waals surface area (Å²) in [5, 5.41) is 19.2. The molecule has 0 unspecified atom stereocenters. The lowest BCUT2D eigenvalue weighted by atomic mass is 9.99. The van der Waals surface area contributed by atoms with E-state index < -0.39 is 34.4 Å². The molecule has 0 spiro atoms. The van der Waals surface area contributed by atoms with Crippen LogP contribution in [0.2, 0.25) is 0 Å². The third-order valence-corrected chi connectivity index (χ3v) is 6.48. The van der Waals surface area contributed by atoms with Gasteiger partial charge < -0.3 is 15.2 Å². The smallest absolute Gasteiger partial charge is 0.407 e. The Balaban J connectivity index is 1.90. The number of benzene rings is 2. The summed E-state index contributed by atoms with van der Waals surface area (Å²) in [6, 6.07) is 15.4. The minimum Gasteiger partial charge on any atom is -0.444 e. The molecule has 2 aromatic rings. The van der Waals surface area contributed by atoms with Gasteiger partial charge in [-0.15, -0.1) is 0 Å². The molecule has 0 radical (unpaired) electrons. The number of amides is 2. The summed E-state index contributed by atoms with van der Waals surface area (Å²) in [6.45, 7) is 7.07. The fourth-order valence-corrected chi connectivity index (χ4v) is 4.96. The van der Waals surface area contributed by atoms with Gasteiger partial charge in [-0.1, -0.05) is 54.2 Å². The van der Waals surface area contributed by atoms with Crippen LogP contribution >= 0.6 is 11.8 Å². The van der Waals surface area contributed by atoms with Crippen LogP contribution in [0.15, 0.2) is 59.7 Å². The molecule has 2 amide bonds. The first kappa shape index (κ1) is 25.7. The van der Waals surface area contributed by atoms with E-state index >= 15 is 0 Å². The van der Waals surface area contributed by atoms with Gasteiger partial charge in [-0.05, 0) is 58.2 Å². The molecule has 2 aromatic carbocycles. The number of nitrogens with zero attached hydrogens (tertiary/aromatic N) is 2. The minimum atomic E-state index is -1.28. The summed E-state index contributed by atoms with van der Waals surface area (Å²) < 4.78 is 19.2. The van der Waals surface area contributed by atoms with Gasteiger partial charge in [0.1, 0.15) is 27.4 Å². The van der Waals surface area contributed by atoms with Crippen molar-refractivity contribution in [3.63, 3.8) is 0 Å². The zero-order chi connectivity index (χ0) is 24.9. The molecule has 0 fully saturated rings. The molecule has 182 valence electrons. The highest BCUT2D eigenvalue weighted by Crippen LogP contribution is 2.50. The highest BCUT2D eigenvalue weighted by atomic mass is 32.2. The molecule has 9 heteroatoms. The Morgan fingerprint density at radius 2 is 1.91 bits per heavy atom. The summed E-state index contributed by atoms with van der Waals surface area (Å²) in [5.74, 6) is -0.976. The van der Waals surface area contributed by atoms with E-state index in [-0.39, 0.29) is 0 Å². The Labute approximate surface area is 203 Å². The van der Waals surface area contributed by atoms with Crippen LogP contribution in [0.3, 0.4) is 0 Å². The van der Waals surface area contributed by atoms with Gasteiger partial charge >= 0.3 is 6.09 Å². The number of aliphatic hydroxyl groups excluding tert-OH is 1. The van der Waals surface area contributed by atoms with Crippen molar-refractivity contribution < 1.29 is 23.8 Å². The largest absolute Gasteiger partial charge is 0.444 e. The molecule has 1 heterocycles. The first-order chi connectivity index (χ1) is 16.0. The van der Waals surface area contributed by atoms with Crippen LogP contribution < -0.4 is 5.32 Å². The maximum atomic E-state index is 13.9. The maximum Gasteiger partial charge on any atom is 0.407 e. The van der Waals surface area contributed by atoms with Gasteiger partial charge in [0.25, 0.3) is 5.91 Å². The molecule has 0 aromatic heterocycles. The fourth-order valence-electron chi connectivity index (χ4n) is 3.55. The van der Waals surface area contributed by atoms with E-state index in [1.807, 2.05) is 30.3 Å². The van der Waals surface area contributed by atoms with Crippen molar-refractivity contribution in [3.05, 3.63) is 71.5 Å². The van der Waals surface area contributed by atoms with Gasteiger partial charge in [-0.2, -0.15) is 5.10 Å². The maximum absolute atomic E-state index is 13.9. The number of carbonyl (C=O) groups excluding carboxylic acids is 2. The fraction of sp³-hybridized carbons (Fsp3) is 0.400. The van der Waals surface area contributed by atoms with E-state index in [2.05, 4.69) is 10.4 Å². The Bertz CT molecular complexity index is 1060. The van der Waals surface area contributed by atoms with Gasteiger partial charge in [0.05, 0.1) is 0 Å². The van der Waals surface area contributed by atoms with Gasteiger partial charge in [0.15, 0.2) is 0 Å². The number of hydrogen-bond donors (Lipinski definition) is 2. The molecular weight excluding hydrogens is 457 g/mol. The summed E-state index contributed by atoms with van der Waals surface area (Å²) in [5.41, 5.74) is 0.740. The molecule has 3 rings (SSSR count). The summed E-state index contributed by atoms with van der Waals surface area (Å²) in [6.07, 6.45) is -0.886. The number of hydrogen-bond acceptors (Lipinski definition) is 6. The van der Waals surface area contributed by atoms with Gasteiger partial charge in [0, 0.05) is 12.1 Å². The molecule has 2 N–H and O–H groups in total. The molecule has 0 saturated heterocycles. The first-order valence-electron chi connectivity index (χ1n) is 11.1. The molecule has 2 atom stereocenters. The van der Waals surface area contributed by atoms with E-state index in [0.717, 1.165) is 5.56 Å². The molecule has 0 aliphatic carbocycles. The number of ether oxygens (including phenoxy) is 1. The Morgan fingerprint density at radius 3 is 2.53 bits per heavy atom. The lowest BCUT2D eigenvalue weighted by molar-refractivity contribution is -0.143. The van der Waals surface area contributed by atoms with E-state index in [9.17, 15) is 19.1 Å². The first-order valence-corrected chi connectivity index (χ1v) is 11.9. The second kappa shape index (κ2) is 10.6. The number of nitrogens with one attached hydrogen (secondary N) is 1. The SMILES string of the molecule is C[C@H](O)C(=O)N1N=C(c2cccc(F)c2)S[C@]1(CCCNC(=O)OC(C)(C)C)c1ccccc1. The Kier molecular flexibility index (Phi) is 7.99. The minimum absolute atomic E-state index is 0.316. The monoisotopic (exact) mass is 487 g/mol. The van der Waals surface area contributed by atoms with Crippen LogP contribution in [0.1, 0.15) is 51.7 Å². The number of aliphatic hydroxyl groups is 1. The van der Waals surface area contributed by atoms with E-state index in [4.69, 9.17) is 4.74 Å². The van der Waals surface area contributed by atoms with Gasteiger partial charge in [0.2, 0.25) is 0 Å². The third kappa shape index (κ3) is 6.15. The molecular formula is C25H30FN3O4S. The van der Waals surface area contributed by atoms with Crippen LogP contribution in [0.4, 0.5) is 9.18 Å². The van der Waals surface area contributed by atoms with E-state index in [1.165, 1.54) is 35.8 Å². The number of hydrazone groups is 1. The van der Waals surface area contributed by atoms with Crippen LogP contribution in [0.5, 0.6) is 0 Å². The van der Waals surface area contributed by atoms with Crippen molar-refractivity contribution >= 4 is 28.8 Å². The zero-order valence-corrected chi connectivity index (χ0v) is 20.6. The average Bonchev–Trinajstić information content (AvgIpc) is 3.16. The van der Waals surface area contributed by atoms with Crippen molar-refractivity contribution in [3.8, 4) is 0 Å². The highest BCUT2D eigenvalue weighted by Gasteiger charge is 2.49. The number of alkyl carbamates (subject to hydrolysis) is 1. The van der Waals surface area contributed by atoms with Crippen LogP contribution in [-0.4, -0.2) is 45.4 Å². The molecule has 7 nitrogen and oxygen atoms in total. The number of carbonyl (C=O) groups is 2. The molecule has 0 saturated carbocycles. The van der Waals surface area contributed by atoms with Crippen molar-refractivity contribution in [1.29, 1.82) is 0 Å². The van der Waals surface area contributed by atoms with Crippen molar-refractivity contribution in [1.82, 2.24) is 10.3 Å². The van der Waals surface area contributed by atoms with E-state index in [1.54, 1.807) is 32.9 Å². The van der Waals surface area contributed by atoms with E-state index in [0.29, 0.717) is 30.0 Å². The summed E-state index contributed by atoms with van der Waals surface area (Å²) in [4.78, 5) is 24.1. The molecule has 34 heavy (non-hydrogen) atoms. The number of halogens is 1. The molecule has 0 bridgehead atoms. The molecule has 1 aliphatic heterocycles. The summed E-state index contributed by atoms with van der Waals surface area (Å²) in [7, 11) is 0. The highest BCUT2D eigenvalue weighted by molar-refractivity contribution is 8.15. The second-order valence-electron chi connectivity index (χ2n) is 9.03. The van der Waals surface area contributed by atoms with Crippen LogP contribution in [0, 0.1) is 5.82 Å². The third-order valence-electron chi connectivity index (χ3n) is 5.02. The van der Waals surface area contributed by atoms with Crippen LogP contribution in [-0.2, 0) is 14.4 Å². The van der Waals surface area contributed by atoms with Crippen molar-refractivity contribution in [2.75, 3.05) is 6.54 Å². The molecule has 1 aliphatic rings. The van der Waals surface area contributed by atoms with Crippen LogP contribution in [0.25, 0.3) is 0 Å². The average molecular weight is 488 g/mol.